The Balaban J connectivity index is 1.71. The molecule has 0 spiro atoms. The van der Waals surface area contributed by atoms with Crippen LogP contribution in [0.3, 0.4) is 0 Å². The summed E-state index contributed by atoms with van der Waals surface area (Å²) in [5.74, 6) is 0.928. The molecule has 2 aliphatic heterocycles. The van der Waals surface area contributed by atoms with Gasteiger partial charge in [-0.25, -0.2) is 4.79 Å². The van der Waals surface area contributed by atoms with Gasteiger partial charge in [0, 0.05) is 22.3 Å². The minimum absolute atomic E-state index is 0.136. The van der Waals surface area contributed by atoms with Gasteiger partial charge < -0.3 is 4.84 Å². The molecule has 0 amide bonds. The lowest BCUT2D eigenvalue weighted by Crippen LogP contribution is -2.47. The molecule has 18 heavy (non-hydrogen) atoms. The Labute approximate surface area is 108 Å². The molecule has 3 rings (SSSR count). The van der Waals surface area contributed by atoms with E-state index in [1.165, 1.54) is 0 Å². The highest BCUT2D eigenvalue weighted by molar-refractivity contribution is 7.85. The van der Waals surface area contributed by atoms with Crippen LogP contribution in [-0.4, -0.2) is 38.8 Å². The van der Waals surface area contributed by atoms with Gasteiger partial charge in [0.05, 0.1) is 17.6 Å². The molecule has 4 nitrogen and oxygen atoms in total. The minimum atomic E-state index is -0.751. The van der Waals surface area contributed by atoms with Gasteiger partial charge in [0.1, 0.15) is 0 Å². The van der Waals surface area contributed by atoms with Gasteiger partial charge in [0.15, 0.2) is 0 Å². The van der Waals surface area contributed by atoms with Crippen LogP contribution in [0.1, 0.15) is 23.2 Å². The Kier molecular flexibility index (Phi) is 3.18. The first-order chi connectivity index (χ1) is 8.74. The number of hydrogen-bond donors (Lipinski definition) is 0. The Morgan fingerprint density at radius 3 is 2.39 bits per heavy atom. The van der Waals surface area contributed by atoms with Gasteiger partial charge >= 0.3 is 5.97 Å². The van der Waals surface area contributed by atoms with Gasteiger partial charge in [-0.1, -0.05) is 18.2 Å². The number of rotatable bonds is 2. The second kappa shape index (κ2) is 4.82. The van der Waals surface area contributed by atoms with Crippen LogP contribution in [-0.2, 0) is 15.6 Å². The van der Waals surface area contributed by atoms with E-state index in [1.807, 2.05) is 18.2 Å². The van der Waals surface area contributed by atoms with Crippen molar-refractivity contribution in [3.8, 4) is 0 Å². The van der Waals surface area contributed by atoms with E-state index in [9.17, 15) is 9.00 Å². The van der Waals surface area contributed by atoms with Gasteiger partial charge in [-0.3, -0.25) is 4.21 Å². The molecule has 2 atom stereocenters. The fourth-order valence-corrected chi connectivity index (χ4v) is 4.24. The van der Waals surface area contributed by atoms with Gasteiger partial charge in [-0.05, 0) is 25.0 Å². The van der Waals surface area contributed by atoms with Crippen molar-refractivity contribution in [2.24, 2.45) is 0 Å². The number of hydroxylamine groups is 2. The smallest absolute Gasteiger partial charge is 0.357 e. The zero-order chi connectivity index (χ0) is 12.5. The number of carbonyl (C=O) groups is 1. The molecule has 0 radical (unpaired) electrons. The van der Waals surface area contributed by atoms with Crippen molar-refractivity contribution >= 4 is 16.8 Å². The molecule has 2 aliphatic rings. The second-order valence-corrected chi connectivity index (χ2v) is 6.31. The fourth-order valence-electron chi connectivity index (χ4n) is 2.62. The van der Waals surface area contributed by atoms with Gasteiger partial charge in [-0.15, -0.1) is 5.06 Å². The van der Waals surface area contributed by atoms with E-state index in [0.717, 1.165) is 12.8 Å². The highest BCUT2D eigenvalue weighted by Crippen LogP contribution is 2.30. The van der Waals surface area contributed by atoms with Crippen LogP contribution in [0.15, 0.2) is 30.3 Å². The lowest BCUT2D eigenvalue weighted by atomic mass is 10.2. The van der Waals surface area contributed by atoms with Crippen LogP contribution < -0.4 is 0 Å². The standard InChI is InChI=1S/C13H15NO3S/c15-13(10-4-2-1-3-5-10)17-14-11-6-7-12(14)9-18(16)8-11/h1-5,11-12H,6-9H2. The summed E-state index contributed by atoms with van der Waals surface area (Å²) in [4.78, 5) is 17.4. The molecule has 96 valence electrons. The summed E-state index contributed by atoms with van der Waals surface area (Å²) in [7, 11) is -0.751. The van der Waals surface area contributed by atoms with Gasteiger partial charge in [-0.2, -0.15) is 0 Å². The molecule has 0 saturated carbocycles. The lowest BCUT2D eigenvalue weighted by Gasteiger charge is -2.31. The Bertz CT molecular complexity index is 460. The van der Waals surface area contributed by atoms with Gasteiger partial charge in [0.2, 0.25) is 0 Å². The average Bonchev–Trinajstić information content (AvgIpc) is 2.62. The molecule has 1 aromatic carbocycles. The van der Waals surface area contributed by atoms with E-state index in [4.69, 9.17) is 4.84 Å². The predicted octanol–water partition coefficient (Wildman–Crippen LogP) is 1.35. The summed E-state index contributed by atoms with van der Waals surface area (Å²) in [5, 5.41) is 1.77. The van der Waals surface area contributed by atoms with Crippen molar-refractivity contribution in [3.05, 3.63) is 35.9 Å². The summed E-state index contributed by atoms with van der Waals surface area (Å²) >= 11 is 0. The molecule has 2 heterocycles. The van der Waals surface area contributed by atoms with Gasteiger partial charge in [0.25, 0.3) is 0 Å². The van der Waals surface area contributed by atoms with Crippen LogP contribution in [0.2, 0.25) is 0 Å². The molecule has 2 unspecified atom stereocenters. The zero-order valence-electron chi connectivity index (χ0n) is 9.95. The van der Waals surface area contributed by atoms with Crippen molar-refractivity contribution in [3.63, 3.8) is 0 Å². The molecule has 2 saturated heterocycles. The number of carbonyl (C=O) groups excluding carboxylic acids is 1. The lowest BCUT2D eigenvalue weighted by molar-refractivity contribution is -0.137. The third kappa shape index (κ3) is 2.20. The van der Waals surface area contributed by atoms with Crippen molar-refractivity contribution < 1.29 is 13.8 Å². The first-order valence-electron chi connectivity index (χ1n) is 6.14. The normalized spacial score (nSPS) is 31.2. The summed E-state index contributed by atoms with van der Waals surface area (Å²) < 4.78 is 11.6. The summed E-state index contributed by atoms with van der Waals surface area (Å²) in [6.45, 7) is 0. The highest BCUT2D eigenvalue weighted by atomic mass is 32.2. The molecule has 1 aromatic rings. The maximum Gasteiger partial charge on any atom is 0.357 e. The zero-order valence-corrected chi connectivity index (χ0v) is 10.8. The predicted molar refractivity (Wildman–Crippen MR) is 68.4 cm³/mol. The number of fused-ring (bicyclic) bond motifs is 2. The largest absolute Gasteiger partial charge is 0.363 e. The molecule has 0 N–H and O–H groups in total. The third-order valence-corrected chi connectivity index (χ3v) is 5.02. The van der Waals surface area contributed by atoms with Crippen molar-refractivity contribution in [2.75, 3.05) is 11.5 Å². The van der Waals surface area contributed by atoms with Crippen molar-refractivity contribution in [1.29, 1.82) is 0 Å². The Morgan fingerprint density at radius 2 is 1.78 bits per heavy atom. The number of hydrogen-bond acceptors (Lipinski definition) is 4. The molecule has 2 fully saturated rings. The van der Waals surface area contributed by atoms with E-state index in [1.54, 1.807) is 17.2 Å². The van der Waals surface area contributed by atoms with E-state index in [0.29, 0.717) is 17.1 Å². The van der Waals surface area contributed by atoms with Crippen molar-refractivity contribution in [2.45, 2.75) is 24.9 Å². The summed E-state index contributed by atoms with van der Waals surface area (Å²) in [6, 6.07) is 9.25. The first-order valence-corrected chi connectivity index (χ1v) is 7.63. The van der Waals surface area contributed by atoms with Crippen LogP contribution in [0, 0.1) is 0 Å². The molecule has 0 aromatic heterocycles. The van der Waals surface area contributed by atoms with E-state index >= 15 is 0 Å². The van der Waals surface area contributed by atoms with Crippen LogP contribution in [0.25, 0.3) is 0 Å². The van der Waals surface area contributed by atoms with E-state index in [-0.39, 0.29) is 18.1 Å². The van der Waals surface area contributed by atoms with Crippen LogP contribution in [0.4, 0.5) is 0 Å². The van der Waals surface area contributed by atoms with Crippen LogP contribution >= 0.6 is 0 Å². The molecular formula is C13H15NO3S. The molecule has 5 heteroatoms. The molecular weight excluding hydrogens is 250 g/mol. The number of benzene rings is 1. The van der Waals surface area contributed by atoms with E-state index in [2.05, 4.69) is 0 Å². The maximum absolute atomic E-state index is 12.0. The number of nitrogens with zero attached hydrogens (tertiary/aromatic N) is 1. The summed E-state index contributed by atoms with van der Waals surface area (Å²) in [5.41, 5.74) is 0.559. The second-order valence-electron chi connectivity index (χ2n) is 4.76. The molecule has 0 aliphatic carbocycles. The maximum atomic E-state index is 12.0. The summed E-state index contributed by atoms with van der Waals surface area (Å²) in [6.07, 6.45) is 1.94. The van der Waals surface area contributed by atoms with Crippen molar-refractivity contribution in [1.82, 2.24) is 5.06 Å². The first kappa shape index (κ1) is 11.9. The third-order valence-electron chi connectivity index (χ3n) is 3.51. The molecule has 2 bridgehead atoms. The SMILES string of the molecule is O=C(ON1C2CCC1CS(=O)C2)c1ccccc1. The average molecular weight is 265 g/mol. The Morgan fingerprint density at radius 1 is 1.17 bits per heavy atom. The highest BCUT2D eigenvalue weighted by Gasteiger charge is 2.42. The minimum Gasteiger partial charge on any atom is -0.363 e. The topological polar surface area (TPSA) is 46.6 Å². The van der Waals surface area contributed by atoms with Crippen LogP contribution in [0.5, 0.6) is 0 Å². The quantitative estimate of drug-likeness (QED) is 0.810. The van der Waals surface area contributed by atoms with E-state index < -0.39 is 10.8 Å². The fraction of sp³-hybridized carbons (Fsp3) is 0.462. The Hall–Kier alpha value is -1.20. The monoisotopic (exact) mass is 265 g/mol.